The van der Waals surface area contributed by atoms with E-state index in [9.17, 15) is 0 Å². The molecule has 1 aromatic rings. The minimum Gasteiger partial charge on any atom is -0.487 e. The lowest BCUT2D eigenvalue weighted by Gasteiger charge is -2.18. The highest BCUT2D eigenvalue weighted by atomic mass is 16.5. The maximum Gasteiger partial charge on any atom is 0.141 e. The Morgan fingerprint density at radius 3 is 2.56 bits per heavy atom. The van der Waals surface area contributed by atoms with E-state index < -0.39 is 0 Å². The first-order valence-corrected chi connectivity index (χ1v) is 6.86. The molecule has 0 aromatic carbocycles. The van der Waals surface area contributed by atoms with Gasteiger partial charge in [-0.15, -0.1) is 0 Å². The number of hydrogen-bond acceptors (Lipinski definition) is 3. The Morgan fingerprint density at radius 1 is 1.22 bits per heavy atom. The molecule has 0 radical (unpaired) electrons. The van der Waals surface area contributed by atoms with E-state index in [2.05, 4.69) is 38.0 Å². The van der Waals surface area contributed by atoms with Gasteiger partial charge < -0.3 is 10.1 Å². The summed E-state index contributed by atoms with van der Waals surface area (Å²) < 4.78 is 5.95. The number of hydrogen-bond donors (Lipinski definition) is 1. The Hall–Kier alpha value is -1.09. The van der Waals surface area contributed by atoms with Crippen LogP contribution in [-0.2, 0) is 6.42 Å². The SMILES string of the molecule is CCc1nc(C)ccc1OC(C)CNCC(C)C. The van der Waals surface area contributed by atoms with Gasteiger partial charge in [0.05, 0.1) is 5.69 Å². The number of rotatable bonds is 7. The number of nitrogens with zero attached hydrogens (tertiary/aromatic N) is 1. The van der Waals surface area contributed by atoms with Gasteiger partial charge in [-0.25, -0.2) is 0 Å². The van der Waals surface area contributed by atoms with Gasteiger partial charge in [-0.1, -0.05) is 20.8 Å². The minimum atomic E-state index is 0.165. The Balaban J connectivity index is 2.50. The van der Waals surface area contributed by atoms with E-state index in [1.165, 1.54) is 0 Å². The monoisotopic (exact) mass is 250 g/mol. The van der Waals surface area contributed by atoms with Crippen molar-refractivity contribution < 1.29 is 4.74 Å². The normalized spacial score (nSPS) is 12.8. The van der Waals surface area contributed by atoms with Crippen LogP contribution >= 0.6 is 0 Å². The molecule has 1 unspecified atom stereocenters. The average molecular weight is 250 g/mol. The molecule has 102 valence electrons. The predicted octanol–water partition coefficient (Wildman–Crippen LogP) is 2.97. The van der Waals surface area contributed by atoms with Gasteiger partial charge in [0.2, 0.25) is 0 Å². The fourth-order valence-electron chi connectivity index (χ4n) is 1.79. The molecule has 1 atom stereocenters. The maximum absolute atomic E-state index is 5.95. The third-order valence-electron chi connectivity index (χ3n) is 2.72. The number of pyridine rings is 1. The highest BCUT2D eigenvalue weighted by Gasteiger charge is 2.08. The van der Waals surface area contributed by atoms with Crippen LogP contribution < -0.4 is 10.1 Å². The van der Waals surface area contributed by atoms with Gasteiger partial charge in [-0.05, 0) is 44.9 Å². The second kappa shape index (κ2) is 7.37. The van der Waals surface area contributed by atoms with Crippen LogP contribution in [0.5, 0.6) is 5.75 Å². The second-order valence-electron chi connectivity index (χ2n) is 5.23. The molecule has 0 spiro atoms. The summed E-state index contributed by atoms with van der Waals surface area (Å²) in [7, 11) is 0. The molecule has 0 saturated heterocycles. The summed E-state index contributed by atoms with van der Waals surface area (Å²) in [6.45, 7) is 12.5. The zero-order chi connectivity index (χ0) is 13.5. The summed E-state index contributed by atoms with van der Waals surface area (Å²) in [4.78, 5) is 4.51. The van der Waals surface area contributed by atoms with Crippen molar-refractivity contribution in [1.82, 2.24) is 10.3 Å². The van der Waals surface area contributed by atoms with E-state index in [1.54, 1.807) is 0 Å². The predicted molar refractivity (Wildman–Crippen MR) is 76.1 cm³/mol. The molecule has 1 aromatic heterocycles. The minimum absolute atomic E-state index is 0.165. The fraction of sp³-hybridized carbons (Fsp3) is 0.667. The van der Waals surface area contributed by atoms with Gasteiger partial charge in [0.1, 0.15) is 11.9 Å². The highest BCUT2D eigenvalue weighted by Crippen LogP contribution is 2.18. The molecule has 3 heteroatoms. The number of nitrogens with one attached hydrogen (secondary N) is 1. The maximum atomic E-state index is 5.95. The molecule has 0 amide bonds. The van der Waals surface area contributed by atoms with E-state index in [-0.39, 0.29) is 6.10 Å². The lowest BCUT2D eigenvalue weighted by atomic mass is 10.2. The molecule has 1 rings (SSSR count). The summed E-state index contributed by atoms with van der Waals surface area (Å²) in [5.74, 6) is 1.59. The van der Waals surface area contributed by atoms with Crippen LogP contribution in [0.2, 0.25) is 0 Å². The molecule has 0 aliphatic carbocycles. The van der Waals surface area contributed by atoms with Crippen LogP contribution in [0.25, 0.3) is 0 Å². The lowest BCUT2D eigenvalue weighted by molar-refractivity contribution is 0.212. The Bertz CT molecular complexity index is 364. The van der Waals surface area contributed by atoms with E-state index in [0.29, 0.717) is 5.92 Å². The standard InChI is InChI=1S/C15H26N2O/c1-6-14-15(8-7-12(4)17-14)18-13(5)10-16-9-11(2)3/h7-8,11,13,16H,6,9-10H2,1-5H3. The third-order valence-corrected chi connectivity index (χ3v) is 2.72. The second-order valence-corrected chi connectivity index (χ2v) is 5.23. The average Bonchev–Trinajstić information content (AvgIpc) is 2.31. The molecule has 0 aliphatic heterocycles. The molecular formula is C15H26N2O. The summed E-state index contributed by atoms with van der Waals surface area (Å²) in [5.41, 5.74) is 2.09. The van der Waals surface area contributed by atoms with Crippen molar-refractivity contribution in [1.29, 1.82) is 0 Å². The number of ether oxygens (including phenoxy) is 1. The molecule has 0 bridgehead atoms. The molecular weight excluding hydrogens is 224 g/mol. The zero-order valence-electron chi connectivity index (χ0n) is 12.3. The molecule has 0 saturated carbocycles. The van der Waals surface area contributed by atoms with Gasteiger partial charge in [-0.3, -0.25) is 4.98 Å². The zero-order valence-corrected chi connectivity index (χ0v) is 12.3. The van der Waals surface area contributed by atoms with Gasteiger partial charge >= 0.3 is 0 Å². The molecule has 0 fully saturated rings. The summed E-state index contributed by atoms with van der Waals surface area (Å²) in [6, 6.07) is 4.03. The first-order valence-electron chi connectivity index (χ1n) is 6.86. The van der Waals surface area contributed by atoms with Crippen LogP contribution in [0.4, 0.5) is 0 Å². The van der Waals surface area contributed by atoms with E-state index in [1.807, 2.05) is 19.1 Å². The smallest absolute Gasteiger partial charge is 0.141 e. The lowest BCUT2D eigenvalue weighted by Crippen LogP contribution is -2.31. The van der Waals surface area contributed by atoms with Crippen LogP contribution in [0.15, 0.2) is 12.1 Å². The van der Waals surface area contributed by atoms with Crippen molar-refractivity contribution in [2.75, 3.05) is 13.1 Å². The molecule has 1 N–H and O–H groups in total. The van der Waals surface area contributed by atoms with Crippen molar-refractivity contribution in [2.45, 2.75) is 47.1 Å². The van der Waals surface area contributed by atoms with E-state index in [4.69, 9.17) is 4.74 Å². The number of aromatic nitrogens is 1. The first-order chi connectivity index (χ1) is 8.52. The Labute approximate surface area is 111 Å². The third kappa shape index (κ3) is 5.05. The first kappa shape index (κ1) is 15.0. The largest absolute Gasteiger partial charge is 0.487 e. The van der Waals surface area contributed by atoms with Crippen molar-refractivity contribution in [3.8, 4) is 5.75 Å². The molecule has 3 nitrogen and oxygen atoms in total. The number of aryl methyl sites for hydroxylation is 2. The quantitative estimate of drug-likeness (QED) is 0.808. The Kier molecular flexibility index (Phi) is 6.13. The Morgan fingerprint density at radius 2 is 1.94 bits per heavy atom. The van der Waals surface area contributed by atoms with Crippen molar-refractivity contribution in [3.05, 3.63) is 23.5 Å². The van der Waals surface area contributed by atoms with Crippen molar-refractivity contribution in [3.63, 3.8) is 0 Å². The highest BCUT2D eigenvalue weighted by molar-refractivity contribution is 5.29. The fourth-order valence-corrected chi connectivity index (χ4v) is 1.79. The van der Waals surface area contributed by atoms with E-state index in [0.717, 1.165) is 36.6 Å². The molecule has 1 heterocycles. The molecule has 18 heavy (non-hydrogen) atoms. The molecule has 0 aliphatic rings. The topological polar surface area (TPSA) is 34.1 Å². The summed E-state index contributed by atoms with van der Waals surface area (Å²) in [6.07, 6.45) is 1.07. The van der Waals surface area contributed by atoms with Gasteiger partial charge in [0.15, 0.2) is 0 Å². The van der Waals surface area contributed by atoms with Crippen molar-refractivity contribution in [2.24, 2.45) is 5.92 Å². The van der Waals surface area contributed by atoms with Crippen molar-refractivity contribution >= 4 is 0 Å². The van der Waals surface area contributed by atoms with Crippen LogP contribution in [-0.4, -0.2) is 24.2 Å². The van der Waals surface area contributed by atoms with E-state index >= 15 is 0 Å². The summed E-state index contributed by atoms with van der Waals surface area (Å²) >= 11 is 0. The van der Waals surface area contributed by atoms with Crippen LogP contribution in [0, 0.1) is 12.8 Å². The van der Waals surface area contributed by atoms with Gasteiger partial charge in [-0.2, -0.15) is 0 Å². The van der Waals surface area contributed by atoms with Gasteiger partial charge in [0, 0.05) is 12.2 Å². The van der Waals surface area contributed by atoms with Crippen LogP contribution in [0.1, 0.15) is 39.1 Å². The summed E-state index contributed by atoms with van der Waals surface area (Å²) in [5, 5.41) is 3.41. The van der Waals surface area contributed by atoms with Crippen LogP contribution in [0.3, 0.4) is 0 Å². The van der Waals surface area contributed by atoms with Gasteiger partial charge in [0.25, 0.3) is 0 Å².